The molecule has 1 aliphatic rings. The minimum Gasteiger partial charge on any atom is -0.479 e. The normalized spacial score (nSPS) is 23.3. The van der Waals surface area contributed by atoms with E-state index in [0.29, 0.717) is 19.4 Å². The van der Waals surface area contributed by atoms with E-state index < -0.39 is 12.1 Å². The molecule has 1 aliphatic heterocycles. The summed E-state index contributed by atoms with van der Waals surface area (Å²) in [5.41, 5.74) is 0. The SMILES string of the molecule is C[C@@H]1CN(C(=O)CCc2nccs2)CC(C(=O)O)O1. The van der Waals surface area contributed by atoms with E-state index in [1.807, 2.05) is 5.38 Å². The number of morpholine rings is 1. The van der Waals surface area contributed by atoms with Gasteiger partial charge in [0.1, 0.15) is 0 Å². The third kappa shape index (κ3) is 3.74. The van der Waals surface area contributed by atoms with Crippen LogP contribution in [0.25, 0.3) is 0 Å². The van der Waals surface area contributed by atoms with Crippen LogP contribution in [0.5, 0.6) is 0 Å². The second-order valence-corrected chi connectivity index (χ2v) is 5.48. The quantitative estimate of drug-likeness (QED) is 0.883. The van der Waals surface area contributed by atoms with Crippen LogP contribution in [0.15, 0.2) is 11.6 Å². The highest BCUT2D eigenvalue weighted by Gasteiger charge is 2.32. The Bertz CT molecular complexity index is 449. The molecule has 0 spiro atoms. The van der Waals surface area contributed by atoms with Crippen LogP contribution in [-0.2, 0) is 20.7 Å². The average molecular weight is 284 g/mol. The smallest absolute Gasteiger partial charge is 0.334 e. The molecule has 0 aliphatic carbocycles. The van der Waals surface area contributed by atoms with Gasteiger partial charge in [0, 0.05) is 31.0 Å². The number of aromatic nitrogens is 1. The van der Waals surface area contributed by atoms with Crippen molar-refractivity contribution in [3.05, 3.63) is 16.6 Å². The van der Waals surface area contributed by atoms with Gasteiger partial charge in [-0.2, -0.15) is 0 Å². The number of hydrogen-bond donors (Lipinski definition) is 1. The number of rotatable bonds is 4. The molecule has 1 amide bonds. The van der Waals surface area contributed by atoms with E-state index in [2.05, 4.69) is 4.98 Å². The predicted molar refractivity (Wildman–Crippen MR) is 69.0 cm³/mol. The second-order valence-electron chi connectivity index (χ2n) is 4.50. The van der Waals surface area contributed by atoms with Crippen molar-refractivity contribution in [3.63, 3.8) is 0 Å². The number of carboxylic acid groups (broad SMARTS) is 1. The number of amides is 1. The summed E-state index contributed by atoms with van der Waals surface area (Å²) in [4.78, 5) is 28.7. The van der Waals surface area contributed by atoms with E-state index in [9.17, 15) is 9.59 Å². The van der Waals surface area contributed by atoms with Gasteiger partial charge in [-0.1, -0.05) is 0 Å². The van der Waals surface area contributed by atoms with Gasteiger partial charge in [-0.3, -0.25) is 4.79 Å². The van der Waals surface area contributed by atoms with E-state index >= 15 is 0 Å². The van der Waals surface area contributed by atoms with Crippen molar-refractivity contribution in [2.75, 3.05) is 13.1 Å². The summed E-state index contributed by atoms with van der Waals surface area (Å²) in [6, 6.07) is 0. The average Bonchev–Trinajstić information content (AvgIpc) is 2.88. The predicted octanol–water partition coefficient (Wildman–Crippen LogP) is 0.776. The molecule has 1 saturated heterocycles. The lowest BCUT2D eigenvalue weighted by Crippen LogP contribution is -2.51. The minimum absolute atomic E-state index is 0.0448. The Morgan fingerprint density at radius 2 is 2.37 bits per heavy atom. The number of aliphatic carboxylic acids is 1. The Kier molecular flexibility index (Phi) is 4.49. The Morgan fingerprint density at radius 3 is 3.00 bits per heavy atom. The van der Waals surface area contributed by atoms with Crippen molar-refractivity contribution in [2.45, 2.75) is 32.0 Å². The van der Waals surface area contributed by atoms with Crippen molar-refractivity contribution in [1.29, 1.82) is 0 Å². The number of aryl methyl sites for hydroxylation is 1. The van der Waals surface area contributed by atoms with Gasteiger partial charge >= 0.3 is 5.97 Å². The van der Waals surface area contributed by atoms with Crippen LogP contribution in [0.1, 0.15) is 18.4 Å². The van der Waals surface area contributed by atoms with Gasteiger partial charge < -0.3 is 14.7 Å². The molecule has 7 heteroatoms. The number of thiazole rings is 1. The third-order valence-corrected chi connectivity index (χ3v) is 3.76. The molecular formula is C12H16N2O4S. The first-order chi connectivity index (χ1) is 9.06. The maximum Gasteiger partial charge on any atom is 0.334 e. The van der Waals surface area contributed by atoms with Crippen LogP contribution in [0.4, 0.5) is 0 Å². The summed E-state index contributed by atoms with van der Waals surface area (Å²) in [5, 5.41) is 11.8. The fourth-order valence-electron chi connectivity index (χ4n) is 2.04. The first-order valence-electron chi connectivity index (χ1n) is 6.10. The fourth-order valence-corrected chi connectivity index (χ4v) is 2.66. The molecular weight excluding hydrogens is 268 g/mol. The Balaban J connectivity index is 1.89. The van der Waals surface area contributed by atoms with Gasteiger partial charge in [0.2, 0.25) is 5.91 Å². The summed E-state index contributed by atoms with van der Waals surface area (Å²) in [6.07, 6.45) is 1.49. The van der Waals surface area contributed by atoms with Gasteiger partial charge in [0.05, 0.1) is 17.7 Å². The maximum atomic E-state index is 12.1. The molecule has 2 atom stereocenters. The molecule has 1 aromatic heterocycles. The number of hydrogen-bond acceptors (Lipinski definition) is 5. The molecule has 1 fully saturated rings. The van der Waals surface area contributed by atoms with Crippen molar-refractivity contribution in [1.82, 2.24) is 9.88 Å². The first-order valence-corrected chi connectivity index (χ1v) is 6.98. The highest BCUT2D eigenvalue weighted by Crippen LogP contribution is 2.14. The van der Waals surface area contributed by atoms with Gasteiger partial charge in [-0.05, 0) is 6.92 Å². The lowest BCUT2D eigenvalue weighted by atomic mass is 10.2. The van der Waals surface area contributed by atoms with E-state index in [1.54, 1.807) is 18.0 Å². The Hall–Kier alpha value is -1.47. The van der Waals surface area contributed by atoms with E-state index in [1.165, 1.54) is 11.3 Å². The number of nitrogens with zero attached hydrogens (tertiary/aromatic N) is 2. The van der Waals surface area contributed by atoms with Gasteiger partial charge in [-0.15, -0.1) is 11.3 Å². The van der Waals surface area contributed by atoms with Gasteiger partial charge in [0.25, 0.3) is 0 Å². The lowest BCUT2D eigenvalue weighted by molar-refractivity contribution is -0.166. The molecule has 104 valence electrons. The zero-order chi connectivity index (χ0) is 13.8. The molecule has 0 aromatic carbocycles. The molecule has 0 bridgehead atoms. The van der Waals surface area contributed by atoms with Crippen LogP contribution in [0, 0.1) is 0 Å². The minimum atomic E-state index is -1.02. The van der Waals surface area contributed by atoms with Crippen molar-refractivity contribution in [3.8, 4) is 0 Å². The molecule has 0 radical (unpaired) electrons. The number of carbonyl (C=O) groups excluding carboxylic acids is 1. The summed E-state index contributed by atoms with van der Waals surface area (Å²) < 4.78 is 5.27. The fraction of sp³-hybridized carbons (Fsp3) is 0.583. The van der Waals surface area contributed by atoms with E-state index in [-0.39, 0.29) is 18.6 Å². The molecule has 1 unspecified atom stereocenters. The van der Waals surface area contributed by atoms with Crippen molar-refractivity contribution >= 4 is 23.2 Å². The second kappa shape index (κ2) is 6.12. The highest BCUT2D eigenvalue weighted by atomic mass is 32.1. The molecule has 19 heavy (non-hydrogen) atoms. The number of carbonyl (C=O) groups is 2. The topological polar surface area (TPSA) is 79.7 Å². The molecule has 6 nitrogen and oxygen atoms in total. The van der Waals surface area contributed by atoms with Crippen molar-refractivity contribution < 1.29 is 19.4 Å². The Morgan fingerprint density at radius 1 is 1.58 bits per heavy atom. The van der Waals surface area contributed by atoms with Crippen molar-refractivity contribution in [2.24, 2.45) is 0 Å². The lowest BCUT2D eigenvalue weighted by Gasteiger charge is -2.35. The number of carboxylic acids is 1. The van der Waals surface area contributed by atoms with Crippen LogP contribution in [0.2, 0.25) is 0 Å². The van der Waals surface area contributed by atoms with Crippen LogP contribution < -0.4 is 0 Å². The monoisotopic (exact) mass is 284 g/mol. The molecule has 2 heterocycles. The largest absolute Gasteiger partial charge is 0.479 e. The molecule has 1 aromatic rings. The summed E-state index contributed by atoms with van der Waals surface area (Å²) >= 11 is 1.52. The molecule has 1 N–H and O–H groups in total. The van der Waals surface area contributed by atoms with Crippen LogP contribution >= 0.6 is 11.3 Å². The van der Waals surface area contributed by atoms with Crippen LogP contribution in [0.3, 0.4) is 0 Å². The zero-order valence-electron chi connectivity index (χ0n) is 10.6. The number of ether oxygens (including phenoxy) is 1. The maximum absolute atomic E-state index is 12.1. The summed E-state index contributed by atoms with van der Waals surface area (Å²) in [7, 11) is 0. The third-order valence-electron chi connectivity index (χ3n) is 2.92. The summed E-state index contributed by atoms with van der Waals surface area (Å²) in [6.45, 7) is 2.34. The highest BCUT2D eigenvalue weighted by molar-refractivity contribution is 7.09. The standard InChI is InChI=1S/C12H16N2O4S/c1-8-6-14(7-9(18-8)12(16)17)11(15)3-2-10-13-4-5-19-10/h4-5,8-9H,2-3,6-7H2,1H3,(H,16,17)/t8-,9?/m1/s1. The van der Waals surface area contributed by atoms with E-state index in [4.69, 9.17) is 9.84 Å². The van der Waals surface area contributed by atoms with Gasteiger partial charge in [-0.25, -0.2) is 9.78 Å². The summed E-state index contributed by atoms with van der Waals surface area (Å²) in [5.74, 6) is -1.07. The van der Waals surface area contributed by atoms with Crippen LogP contribution in [-0.4, -0.2) is 52.2 Å². The molecule has 2 rings (SSSR count). The van der Waals surface area contributed by atoms with E-state index in [0.717, 1.165) is 5.01 Å². The van der Waals surface area contributed by atoms with Gasteiger partial charge in [0.15, 0.2) is 6.10 Å². The Labute approximate surface area is 115 Å². The zero-order valence-corrected chi connectivity index (χ0v) is 11.4. The molecule has 0 saturated carbocycles. The first kappa shape index (κ1) is 14.0.